The number of nitrogens with zero attached hydrogens (tertiary/aromatic N) is 1. The van der Waals surface area contributed by atoms with E-state index >= 15 is 0 Å². The van der Waals surface area contributed by atoms with Crippen molar-refractivity contribution >= 4 is 46.6 Å². The number of amides is 2. The molecule has 0 radical (unpaired) electrons. The van der Waals surface area contributed by atoms with Gasteiger partial charge in [-0.3, -0.25) is 9.59 Å². The molecule has 1 aliphatic heterocycles. The molecule has 0 saturated carbocycles. The smallest absolute Gasteiger partial charge is 0.237 e. The zero-order valence-corrected chi connectivity index (χ0v) is 15.4. The highest BCUT2D eigenvalue weighted by atomic mass is 35.5. The van der Waals surface area contributed by atoms with Crippen LogP contribution in [0.25, 0.3) is 0 Å². The number of halogens is 1. The fraction of sp³-hybridized carbons (Fsp3) is 0.263. The van der Waals surface area contributed by atoms with Gasteiger partial charge in [0.2, 0.25) is 11.8 Å². The van der Waals surface area contributed by atoms with Gasteiger partial charge in [-0.15, -0.1) is 11.8 Å². The lowest BCUT2D eigenvalue weighted by molar-refractivity contribution is -0.117. The topological polar surface area (TPSA) is 49.4 Å². The average Bonchev–Trinajstić information content (AvgIpc) is 3.03. The van der Waals surface area contributed by atoms with Crippen molar-refractivity contribution in [1.29, 1.82) is 0 Å². The predicted molar refractivity (Wildman–Crippen MR) is 103 cm³/mol. The lowest BCUT2D eigenvalue weighted by Crippen LogP contribution is -2.24. The number of carbonyl (C=O) groups excluding carboxylic acids is 2. The summed E-state index contributed by atoms with van der Waals surface area (Å²) < 4.78 is 0. The van der Waals surface area contributed by atoms with Crippen LogP contribution in [-0.4, -0.2) is 23.6 Å². The summed E-state index contributed by atoms with van der Waals surface area (Å²) in [6.45, 7) is 2.63. The molecule has 130 valence electrons. The number of carbonyl (C=O) groups is 2. The fourth-order valence-electron chi connectivity index (χ4n) is 2.66. The van der Waals surface area contributed by atoms with E-state index in [-0.39, 0.29) is 17.1 Å². The molecule has 0 aliphatic carbocycles. The summed E-state index contributed by atoms with van der Waals surface area (Å²) in [6, 6.07) is 14.8. The second-order valence-corrected chi connectivity index (χ2v) is 7.75. The molecule has 1 atom stereocenters. The van der Waals surface area contributed by atoms with E-state index in [2.05, 4.69) is 5.32 Å². The van der Waals surface area contributed by atoms with E-state index in [0.717, 1.165) is 29.2 Å². The number of benzene rings is 2. The highest BCUT2D eigenvalue weighted by Gasteiger charge is 2.21. The molecule has 4 nitrogen and oxygen atoms in total. The summed E-state index contributed by atoms with van der Waals surface area (Å²) in [5.74, 6) is 0.0923. The Morgan fingerprint density at radius 2 is 1.84 bits per heavy atom. The monoisotopic (exact) mass is 374 g/mol. The first-order chi connectivity index (χ1) is 12.0. The van der Waals surface area contributed by atoms with E-state index in [9.17, 15) is 9.59 Å². The summed E-state index contributed by atoms with van der Waals surface area (Å²) in [5, 5.41) is 3.36. The molecule has 0 spiro atoms. The van der Waals surface area contributed by atoms with Gasteiger partial charge < -0.3 is 10.2 Å². The lowest BCUT2D eigenvalue weighted by Gasteiger charge is -2.16. The summed E-state index contributed by atoms with van der Waals surface area (Å²) in [7, 11) is 0. The van der Waals surface area contributed by atoms with Gasteiger partial charge in [0.15, 0.2) is 0 Å². The van der Waals surface area contributed by atoms with Crippen molar-refractivity contribution < 1.29 is 9.59 Å². The Labute approximate surface area is 156 Å². The Morgan fingerprint density at radius 1 is 1.16 bits per heavy atom. The van der Waals surface area contributed by atoms with Crippen molar-refractivity contribution in [2.24, 2.45) is 0 Å². The zero-order valence-electron chi connectivity index (χ0n) is 13.9. The van der Waals surface area contributed by atoms with Gasteiger partial charge in [-0.25, -0.2) is 0 Å². The maximum absolute atomic E-state index is 12.4. The molecule has 0 unspecified atom stereocenters. The maximum Gasteiger partial charge on any atom is 0.237 e. The summed E-state index contributed by atoms with van der Waals surface area (Å²) in [5.41, 5.74) is 1.60. The van der Waals surface area contributed by atoms with Gasteiger partial charge in [-0.05, 0) is 61.9 Å². The van der Waals surface area contributed by atoms with E-state index in [1.807, 2.05) is 55.5 Å². The molecule has 1 aliphatic rings. The molecule has 0 aromatic heterocycles. The highest BCUT2D eigenvalue weighted by molar-refractivity contribution is 8.00. The normalized spacial score (nSPS) is 15.3. The Balaban J connectivity index is 1.58. The lowest BCUT2D eigenvalue weighted by atomic mass is 10.2. The maximum atomic E-state index is 12.4. The number of thioether (sulfide) groups is 1. The molecular formula is C19H19ClN2O2S. The highest BCUT2D eigenvalue weighted by Crippen LogP contribution is 2.26. The Bertz CT molecular complexity index is 762. The van der Waals surface area contributed by atoms with Crippen LogP contribution in [0.4, 0.5) is 11.4 Å². The van der Waals surface area contributed by atoms with Crippen LogP contribution in [0.5, 0.6) is 0 Å². The van der Waals surface area contributed by atoms with Gasteiger partial charge >= 0.3 is 0 Å². The van der Waals surface area contributed by atoms with Crippen molar-refractivity contribution in [2.75, 3.05) is 16.8 Å². The van der Waals surface area contributed by atoms with E-state index in [0.29, 0.717) is 11.4 Å². The number of hydrogen-bond acceptors (Lipinski definition) is 3. The predicted octanol–water partition coefficient (Wildman–Crippen LogP) is 4.59. The molecule has 6 heteroatoms. The molecule has 2 amide bonds. The molecule has 0 bridgehead atoms. The molecule has 2 aromatic carbocycles. The number of rotatable bonds is 5. The van der Waals surface area contributed by atoms with Crippen LogP contribution < -0.4 is 10.2 Å². The van der Waals surface area contributed by atoms with Crippen LogP contribution in [-0.2, 0) is 9.59 Å². The Hall–Kier alpha value is -1.98. The van der Waals surface area contributed by atoms with Crippen LogP contribution in [0.2, 0.25) is 5.02 Å². The van der Waals surface area contributed by atoms with E-state index in [4.69, 9.17) is 11.6 Å². The van der Waals surface area contributed by atoms with Crippen LogP contribution >= 0.6 is 23.4 Å². The van der Waals surface area contributed by atoms with Gasteiger partial charge in [-0.2, -0.15) is 0 Å². The Kier molecular flexibility index (Phi) is 5.66. The van der Waals surface area contributed by atoms with Crippen LogP contribution in [0.15, 0.2) is 53.4 Å². The molecule has 1 fully saturated rings. The summed E-state index contributed by atoms with van der Waals surface area (Å²) >= 11 is 7.35. The van der Waals surface area contributed by atoms with Gasteiger partial charge in [0, 0.05) is 34.3 Å². The second-order valence-electron chi connectivity index (χ2n) is 5.90. The van der Waals surface area contributed by atoms with Crippen LogP contribution in [0.3, 0.4) is 0 Å². The van der Waals surface area contributed by atoms with Crippen molar-refractivity contribution in [3.63, 3.8) is 0 Å². The van der Waals surface area contributed by atoms with E-state index in [1.54, 1.807) is 4.90 Å². The average molecular weight is 375 g/mol. The van der Waals surface area contributed by atoms with Crippen LogP contribution in [0, 0.1) is 0 Å². The van der Waals surface area contributed by atoms with E-state index in [1.165, 1.54) is 11.8 Å². The second kappa shape index (κ2) is 7.93. The molecule has 25 heavy (non-hydrogen) atoms. The number of hydrogen-bond donors (Lipinski definition) is 1. The number of anilines is 2. The first-order valence-electron chi connectivity index (χ1n) is 8.16. The number of nitrogens with one attached hydrogen (secondary N) is 1. The third kappa shape index (κ3) is 4.55. The van der Waals surface area contributed by atoms with Gasteiger partial charge in [0.1, 0.15) is 0 Å². The summed E-state index contributed by atoms with van der Waals surface area (Å²) in [4.78, 5) is 26.9. The first-order valence-corrected chi connectivity index (χ1v) is 9.42. The quantitative estimate of drug-likeness (QED) is 0.779. The minimum Gasteiger partial charge on any atom is -0.325 e. The molecule has 3 rings (SSSR count). The first kappa shape index (κ1) is 17.8. The third-order valence-electron chi connectivity index (χ3n) is 4.02. The zero-order chi connectivity index (χ0) is 17.8. The summed E-state index contributed by atoms with van der Waals surface area (Å²) in [6.07, 6.45) is 1.51. The standard InChI is InChI=1S/C19H19ClN2O2S/c1-13(25-17-10-4-14(20)5-11-17)19(24)21-15-6-8-16(9-7-15)22-12-2-3-18(22)23/h4-11,13H,2-3,12H2,1H3,(H,21,24)/t13-/m0/s1. The molecular weight excluding hydrogens is 356 g/mol. The Morgan fingerprint density at radius 3 is 2.44 bits per heavy atom. The van der Waals surface area contributed by atoms with E-state index < -0.39 is 0 Å². The minimum atomic E-state index is -0.235. The fourth-order valence-corrected chi connectivity index (χ4v) is 3.65. The van der Waals surface area contributed by atoms with Crippen molar-refractivity contribution in [3.8, 4) is 0 Å². The largest absolute Gasteiger partial charge is 0.325 e. The van der Waals surface area contributed by atoms with Gasteiger partial charge in [0.25, 0.3) is 0 Å². The van der Waals surface area contributed by atoms with Crippen molar-refractivity contribution in [2.45, 2.75) is 29.9 Å². The molecule has 2 aromatic rings. The van der Waals surface area contributed by atoms with Crippen molar-refractivity contribution in [1.82, 2.24) is 0 Å². The SMILES string of the molecule is C[C@H](Sc1ccc(Cl)cc1)C(=O)Nc1ccc(N2CCCC2=O)cc1. The molecule has 1 heterocycles. The van der Waals surface area contributed by atoms with Gasteiger partial charge in [-0.1, -0.05) is 11.6 Å². The molecule has 1 saturated heterocycles. The molecule has 1 N–H and O–H groups in total. The van der Waals surface area contributed by atoms with Crippen LogP contribution in [0.1, 0.15) is 19.8 Å². The minimum absolute atomic E-state index is 0.0649. The van der Waals surface area contributed by atoms with Gasteiger partial charge in [0.05, 0.1) is 5.25 Å². The van der Waals surface area contributed by atoms with Crippen molar-refractivity contribution in [3.05, 3.63) is 53.6 Å². The third-order valence-corrected chi connectivity index (χ3v) is 5.38.